The van der Waals surface area contributed by atoms with Crippen molar-refractivity contribution in [1.29, 1.82) is 0 Å². The summed E-state index contributed by atoms with van der Waals surface area (Å²) in [5.74, 6) is -0.0396. The van der Waals surface area contributed by atoms with E-state index in [9.17, 15) is 14.4 Å². The first-order valence-electron chi connectivity index (χ1n) is 11.4. The number of methoxy groups -OCH3 is 1. The van der Waals surface area contributed by atoms with Gasteiger partial charge in [-0.15, -0.1) is 0 Å². The van der Waals surface area contributed by atoms with Crippen molar-refractivity contribution >= 4 is 17.8 Å². The van der Waals surface area contributed by atoms with E-state index in [0.29, 0.717) is 19.6 Å². The highest BCUT2D eigenvalue weighted by atomic mass is 16.5. The average Bonchev–Trinajstić information content (AvgIpc) is 3.24. The lowest BCUT2D eigenvalue weighted by atomic mass is 9.87. The Morgan fingerprint density at radius 1 is 1.03 bits per heavy atom. The lowest BCUT2D eigenvalue weighted by Crippen LogP contribution is -2.35. The zero-order valence-electron chi connectivity index (χ0n) is 20.0. The van der Waals surface area contributed by atoms with Gasteiger partial charge >= 0.3 is 5.97 Å². The number of hydrogen-bond acceptors (Lipinski definition) is 6. The predicted octanol–water partition coefficient (Wildman–Crippen LogP) is 1.88. The molecule has 0 radical (unpaired) electrons. The van der Waals surface area contributed by atoms with Gasteiger partial charge in [0.15, 0.2) is 6.61 Å². The highest BCUT2D eigenvalue weighted by Gasteiger charge is 2.36. The molecule has 1 saturated heterocycles. The maximum atomic E-state index is 13.0. The minimum atomic E-state index is -0.490. The van der Waals surface area contributed by atoms with Gasteiger partial charge in [0.25, 0.3) is 5.91 Å². The summed E-state index contributed by atoms with van der Waals surface area (Å²) in [6.07, 6.45) is 0.755. The van der Waals surface area contributed by atoms with Crippen molar-refractivity contribution in [2.45, 2.75) is 25.8 Å². The van der Waals surface area contributed by atoms with Crippen LogP contribution in [0.25, 0.3) is 0 Å². The third-order valence-corrected chi connectivity index (χ3v) is 5.99. The van der Waals surface area contributed by atoms with Gasteiger partial charge in [0, 0.05) is 39.0 Å². The largest absolute Gasteiger partial charge is 0.497 e. The van der Waals surface area contributed by atoms with Gasteiger partial charge in [-0.2, -0.15) is 0 Å². The number of ether oxygens (including phenoxy) is 2. The van der Waals surface area contributed by atoms with E-state index in [-0.39, 0.29) is 30.3 Å². The van der Waals surface area contributed by atoms with E-state index in [4.69, 9.17) is 9.47 Å². The van der Waals surface area contributed by atoms with Crippen molar-refractivity contribution in [2.24, 2.45) is 5.92 Å². The lowest BCUT2D eigenvalue weighted by molar-refractivity contribution is -0.146. The van der Waals surface area contributed by atoms with Crippen LogP contribution < -0.4 is 15.4 Å². The van der Waals surface area contributed by atoms with Crippen LogP contribution in [-0.4, -0.2) is 63.1 Å². The molecule has 0 spiro atoms. The molecular weight excluding hydrogens is 434 g/mol. The van der Waals surface area contributed by atoms with Crippen molar-refractivity contribution in [1.82, 2.24) is 15.5 Å². The molecule has 8 heteroatoms. The van der Waals surface area contributed by atoms with Gasteiger partial charge in [0.1, 0.15) is 5.75 Å². The van der Waals surface area contributed by atoms with Crippen LogP contribution in [0.4, 0.5) is 0 Å². The van der Waals surface area contributed by atoms with Crippen molar-refractivity contribution in [2.75, 3.05) is 40.4 Å². The van der Waals surface area contributed by atoms with Crippen molar-refractivity contribution in [3.63, 3.8) is 0 Å². The summed E-state index contributed by atoms with van der Waals surface area (Å²) >= 11 is 0. The highest BCUT2D eigenvalue weighted by Crippen LogP contribution is 2.32. The molecule has 0 unspecified atom stereocenters. The molecule has 2 aromatic carbocycles. The van der Waals surface area contributed by atoms with Crippen LogP contribution in [0.15, 0.2) is 48.5 Å². The predicted molar refractivity (Wildman–Crippen MR) is 128 cm³/mol. The second kappa shape index (κ2) is 12.2. The molecule has 2 N–H and O–H groups in total. The minimum absolute atomic E-state index is 0.0583. The van der Waals surface area contributed by atoms with Gasteiger partial charge in [0.05, 0.1) is 13.0 Å². The summed E-state index contributed by atoms with van der Waals surface area (Å²) in [6, 6.07) is 15.8. The Morgan fingerprint density at radius 3 is 2.50 bits per heavy atom. The SMILES string of the molecule is COc1ccc(CCNC(=O)[C@@H]2CN(C)C[C@H]2c2cccc(CNC(=O)COC(C)=O)c2)cc1. The first-order valence-corrected chi connectivity index (χ1v) is 11.4. The molecule has 0 aromatic heterocycles. The second-order valence-corrected chi connectivity index (χ2v) is 8.63. The van der Waals surface area contributed by atoms with E-state index < -0.39 is 5.97 Å². The normalized spacial score (nSPS) is 17.7. The van der Waals surface area contributed by atoms with Crippen molar-refractivity contribution in [3.05, 3.63) is 65.2 Å². The van der Waals surface area contributed by atoms with Crippen molar-refractivity contribution in [3.8, 4) is 5.75 Å². The number of likely N-dealkylation sites (tertiary alicyclic amines) is 1. The summed E-state index contributed by atoms with van der Waals surface area (Å²) in [5, 5.41) is 5.86. The molecule has 182 valence electrons. The average molecular weight is 468 g/mol. The molecule has 34 heavy (non-hydrogen) atoms. The first kappa shape index (κ1) is 25.2. The quantitative estimate of drug-likeness (QED) is 0.518. The summed E-state index contributed by atoms with van der Waals surface area (Å²) in [6.45, 7) is 3.37. The Hall–Kier alpha value is -3.39. The summed E-state index contributed by atoms with van der Waals surface area (Å²) < 4.78 is 9.90. The van der Waals surface area contributed by atoms with Crippen LogP contribution >= 0.6 is 0 Å². The first-order chi connectivity index (χ1) is 16.4. The Morgan fingerprint density at radius 2 is 1.79 bits per heavy atom. The maximum absolute atomic E-state index is 13.0. The van der Waals surface area contributed by atoms with Gasteiger partial charge in [-0.25, -0.2) is 0 Å². The van der Waals surface area contributed by atoms with Gasteiger partial charge in [-0.05, 0) is 42.3 Å². The molecule has 3 rings (SSSR count). The zero-order valence-corrected chi connectivity index (χ0v) is 20.0. The topological polar surface area (TPSA) is 97.0 Å². The van der Waals surface area contributed by atoms with Crippen LogP contribution in [0.1, 0.15) is 29.5 Å². The molecular formula is C26H33N3O5. The monoisotopic (exact) mass is 467 g/mol. The number of likely N-dealkylation sites (N-methyl/N-ethyl adjacent to an activating group) is 1. The van der Waals surface area contributed by atoms with E-state index in [1.165, 1.54) is 6.92 Å². The number of nitrogens with one attached hydrogen (secondary N) is 2. The molecule has 1 heterocycles. The smallest absolute Gasteiger partial charge is 0.303 e. The van der Waals surface area contributed by atoms with Gasteiger partial charge in [-0.1, -0.05) is 36.4 Å². The molecule has 1 aliphatic heterocycles. The minimum Gasteiger partial charge on any atom is -0.497 e. The van der Waals surface area contributed by atoms with Gasteiger partial charge in [0.2, 0.25) is 5.91 Å². The van der Waals surface area contributed by atoms with E-state index >= 15 is 0 Å². The van der Waals surface area contributed by atoms with Crippen LogP contribution in [0.5, 0.6) is 5.75 Å². The molecule has 0 aliphatic carbocycles. The number of amides is 2. The fourth-order valence-electron chi connectivity index (χ4n) is 4.21. The standard InChI is InChI=1S/C26H33N3O5/c1-18(30)34-17-25(31)28-14-20-5-4-6-21(13-20)23-15-29(2)16-24(23)26(32)27-12-11-19-7-9-22(33-3)10-8-19/h4-10,13,23-24H,11-12,14-17H2,1-3H3,(H,27,32)(H,28,31)/t23-,24+/m0/s1. The number of esters is 1. The third-order valence-electron chi connectivity index (χ3n) is 5.99. The Balaban J connectivity index is 1.56. The van der Waals surface area contributed by atoms with Gasteiger partial charge in [-0.3, -0.25) is 14.4 Å². The molecule has 8 nitrogen and oxygen atoms in total. The number of carbonyl (C=O) groups excluding carboxylic acids is 3. The number of benzene rings is 2. The van der Waals surface area contributed by atoms with Gasteiger partial charge < -0.3 is 25.0 Å². The molecule has 2 amide bonds. The van der Waals surface area contributed by atoms with Crippen LogP contribution in [-0.2, 0) is 32.1 Å². The maximum Gasteiger partial charge on any atom is 0.303 e. The molecule has 2 atom stereocenters. The Labute approximate surface area is 200 Å². The number of nitrogens with zero attached hydrogens (tertiary/aromatic N) is 1. The number of rotatable bonds is 10. The third kappa shape index (κ3) is 7.31. The van der Waals surface area contributed by atoms with E-state index in [0.717, 1.165) is 35.4 Å². The zero-order chi connectivity index (χ0) is 24.5. The van der Waals surface area contributed by atoms with Crippen molar-refractivity contribution < 1.29 is 23.9 Å². The summed E-state index contributed by atoms with van der Waals surface area (Å²) in [5.41, 5.74) is 3.15. The summed E-state index contributed by atoms with van der Waals surface area (Å²) in [7, 11) is 3.67. The Kier molecular flexibility index (Phi) is 9.04. The van der Waals surface area contributed by atoms with Crippen LogP contribution in [0, 0.1) is 5.92 Å². The molecule has 1 fully saturated rings. The van der Waals surface area contributed by atoms with Crippen LogP contribution in [0.2, 0.25) is 0 Å². The fraction of sp³-hybridized carbons (Fsp3) is 0.423. The Bertz CT molecular complexity index is 992. The van der Waals surface area contributed by atoms with Crippen LogP contribution in [0.3, 0.4) is 0 Å². The molecule has 2 aromatic rings. The van der Waals surface area contributed by atoms with E-state index in [2.05, 4.69) is 15.5 Å². The second-order valence-electron chi connectivity index (χ2n) is 8.63. The lowest BCUT2D eigenvalue weighted by Gasteiger charge is -2.19. The molecule has 1 aliphatic rings. The highest BCUT2D eigenvalue weighted by molar-refractivity contribution is 5.81. The summed E-state index contributed by atoms with van der Waals surface area (Å²) in [4.78, 5) is 37.9. The van der Waals surface area contributed by atoms with E-state index in [1.807, 2.05) is 55.6 Å². The number of hydrogen-bond donors (Lipinski definition) is 2. The molecule has 0 saturated carbocycles. The van der Waals surface area contributed by atoms with E-state index in [1.54, 1.807) is 7.11 Å². The fourth-order valence-corrected chi connectivity index (χ4v) is 4.21. The molecule has 0 bridgehead atoms. The number of carbonyl (C=O) groups is 3.